The maximum Gasteiger partial charge on any atom is 0.494 e. The summed E-state index contributed by atoms with van der Waals surface area (Å²) in [6, 6.07) is 7.61. The summed E-state index contributed by atoms with van der Waals surface area (Å²) in [7, 11) is 1.29. The van der Waals surface area contributed by atoms with Crippen LogP contribution >= 0.6 is 0 Å². The highest BCUT2D eigenvalue weighted by atomic mass is 16.7. The smallest absolute Gasteiger partial charge is 0.399 e. The Morgan fingerprint density at radius 1 is 1.16 bits per heavy atom. The molecule has 3 rings (SSSR count). The van der Waals surface area contributed by atoms with Gasteiger partial charge >= 0.3 is 7.12 Å². The van der Waals surface area contributed by atoms with Crippen LogP contribution in [0.4, 0.5) is 0 Å². The highest BCUT2D eigenvalue weighted by molar-refractivity contribution is 6.62. The van der Waals surface area contributed by atoms with Gasteiger partial charge in [0.1, 0.15) is 0 Å². The van der Waals surface area contributed by atoms with Crippen LogP contribution in [0.3, 0.4) is 0 Å². The normalized spacial score (nSPS) is 23.1. The third-order valence-corrected chi connectivity index (χ3v) is 5.72. The predicted octanol–water partition coefficient (Wildman–Crippen LogP) is 2.24. The third kappa shape index (κ3) is 3.61. The van der Waals surface area contributed by atoms with Gasteiger partial charge in [0.25, 0.3) is 5.91 Å². The van der Waals surface area contributed by atoms with Gasteiger partial charge in [0.05, 0.1) is 17.3 Å². The minimum absolute atomic E-state index is 0.0629. The molecule has 0 aromatic heterocycles. The van der Waals surface area contributed by atoms with Crippen LogP contribution in [0.25, 0.3) is 0 Å². The average Bonchev–Trinajstić information content (AvgIpc) is 2.82. The Labute approximate surface area is 150 Å². The van der Waals surface area contributed by atoms with E-state index >= 15 is 0 Å². The summed E-state index contributed by atoms with van der Waals surface area (Å²) in [6.45, 7) is 9.59. The average molecular weight is 345 g/mol. The first-order valence-corrected chi connectivity index (χ1v) is 9.01. The van der Waals surface area contributed by atoms with Gasteiger partial charge in [-0.1, -0.05) is 12.1 Å². The number of methoxy groups -OCH3 is 1. The molecule has 2 heterocycles. The van der Waals surface area contributed by atoms with E-state index in [9.17, 15) is 4.79 Å². The number of amides is 1. The van der Waals surface area contributed by atoms with Crippen LogP contribution in [0.1, 0.15) is 50.9 Å². The van der Waals surface area contributed by atoms with Crippen molar-refractivity contribution >= 4 is 18.5 Å². The lowest BCUT2D eigenvalue weighted by atomic mass is 9.78. The minimum Gasteiger partial charge on any atom is -0.399 e. The second-order valence-electron chi connectivity index (χ2n) is 7.94. The van der Waals surface area contributed by atoms with Crippen molar-refractivity contribution in [3.8, 4) is 0 Å². The molecular formula is C19H28BNO4. The number of hydrogen-bond donors (Lipinski definition) is 0. The molecule has 136 valence electrons. The first-order chi connectivity index (χ1) is 11.7. The number of benzene rings is 1. The molecule has 2 saturated heterocycles. The second-order valence-corrected chi connectivity index (χ2v) is 7.94. The zero-order valence-electron chi connectivity index (χ0n) is 15.9. The van der Waals surface area contributed by atoms with E-state index in [2.05, 4.69) is 0 Å². The van der Waals surface area contributed by atoms with Crippen LogP contribution in [0, 0.1) is 0 Å². The molecule has 0 unspecified atom stereocenters. The number of rotatable bonds is 3. The lowest BCUT2D eigenvalue weighted by Gasteiger charge is -2.32. The number of carbonyl (C=O) groups is 1. The number of piperidine rings is 1. The number of hydrogen-bond acceptors (Lipinski definition) is 4. The lowest BCUT2D eigenvalue weighted by Crippen LogP contribution is -2.41. The summed E-state index contributed by atoms with van der Waals surface area (Å²) < 4.78 is 17.6. The Hall–Kier alpha value is -1.37. The first-order valence-electron chi connectivity index (χ1n) is 9.01. The van der Waals surface area contributed by atoms with Crippen molar-refractivity contribution in [1.29, 1.82) is 0 Å². The van der Waals surface area contributed by atoms with Gasteiger partial charge in [0, 0.05) is 25.8 Å². The van der Waals surface area contributed by atoms with Gasteiger partial charge in [-0.25, -0.2) is 0 Å². The summed E-state index contributed by atoms with van der Waals surface area (Å²) in [6.07, 6.45) is 2.04. The molecule has 0 aliphatic carbocycles. The highest BCUT2D eigenvalue weighted by Gasteiger charge is 2.51. The van der Waals surface area contributed by atoms with Gasteiger partial charge in [-0.3, -0.25) is 4.79 Å². The van der Waals surface area contributed by atoms with Crippen LogP contribution in [-0.2, 0) is 14.0 Å². The summed E-state index contributed by atoms with van der Waals surface area (Å²) >= 11 is 0. The van der Waals surface area contributed by atoms with Crippen molar-refractivity contribution in [2.75, 3.05) is 20.2 Å². The SMILES string of the molecule is COC1CCN(C(=O)c2cccc(B3OC(C)(C)C(C)(C)O3)c2)CC1. The molecule has 1 amide bonds. The standard InChI is InChI=1S/C19H28BNO4/c1-18(2)19(3,4)25-20(24-18)15-8-6-7-14(13-15)17(22)21-11-9-16(23-5)10-12-21/h6-8,13,16H,9-12H2,1-5H3. The molecule has 0 saturated carbocycles. The summed E-state index contributed by atoms with van der Waals surface area (Å²) in [4.78, 5) is 14.7. The van der Waals surface area contributed by atoms with E-state index in [0.29, 0.717) is 5.56 Å². The fourth-order valence-corrected chi connectivity index (χ4v) is 3.27. The van der Waals surface area contributed by atoms with E-state index in [1.165, 1.54) is 0 Å². The van der Waals surface area contributed by atoms with Gasteiger partial charge in [0.2, 0.25) is 0 Å². The minimum atomic E-state index is -0.447. The molecule has 2 fully saturated rings. The Kier molecular flexibility index (Phi) is 4.97. The fourth-order valence-electron chi connectivity index (χ4n) is 3.27. The van der Waals surface area contributed by atoms with Gasteiger partial charge in [-0.2, -0.15) is 0 Å². The van der Waals surface area contributed by atoms with E-state index in [1.54, 1.807) is 7.11 Å². The first kappa shape index (κ1) is 18.4. The Morgan fingerprint density at radius 2 is 1.76 bits per heavy atom. The fraction of sp³-hybridized carbons (Fsp3) is 0.632. The van der Waals surface area contributed by atoms with Crippen LogP contribution < -0.4 is 5.46 Å². The maximum absolute atomic E-state index is 12.8. The van der Waals surface area contributed by atoms with Gasteiger partial charge in [-0.15, -0.1) is 0 Å². The van der Waals surface area contributed by atoms with Gasteiger partial charge in [-0.05, 0) is 58.1 Å². The topological polar surface area (TPSA) is 48.0 Å². The summed E-state index contributed by atoms with van der Waals surface area (Å²) in [5.74, 6) is 0.0629. The largest absolute Gasteiger partial charge is 0.494 e. The predicted molar refractivity (Wildman–Crippen MR) is 98.1 cm³/mol. The van der Waals surface area contributed by atoms with Crippen molar-refractivity contribution in [2.24, 2.45) is 0 Å². The van der Waals surface area contributed by atoms with E-state index in [1.807, 2.05) is 56.9 Å². The van der Waals surface area contributed by atoms with Crippen molar-refractivity contribution in [3.63, 3.8) is 0 Å². The van der Waals surface area contributed by atoms with Gasteiger partial charge in [0.15, 0.2) is 0 Å². The Morgan fingerprint density at radius 3 is 2.32 bits per heavy atom. The molecule has 2 aliphatic rings. The maximum atomic E-state index is 12.8. The van der Waals surface area contributed by atoms with Crippen molar-refractivity contribution in [3.05, 3.63) is 29.8 Å². The summed E-state index contributed by atoms with van der Waals surface area (Å²) in [5.41, 5.74) is 0.791. The molecule has 0 radical (unpaired) electrons. The van der Waals surface area contributed by atoms with Gasteiger partial charge < -0.3 is 18.9 Å². The van der Waals surface area contributed by atoms with Crippen LogP contribution in [0.15, 0.2) is 24.3 Å². The highest BCUT2D eigenvalue weighted by Crippen LogP contribution is 2.36. The number of carbonyl (C=O) groups excluding carboxylic acids is 1. The van der Waals surface area contributed by atoms with Crippen LogP contribution in [-0.4, -0.2) is 55.4 Å². The zero-order valence-corrected chi connectivity index (χ0v) is 15.9. The molecule has 0 N–H and O–H groups in total. The van der Waals surface area contributed by atoms with E-state index in [0.717, 1.165) is 31.4 Å². The second kappa shape index (κ2) is 6.74. The Bertz CT molecular complexity index is 622. The molecule has 6 heteroatoms. The van der Waals surface area contributed by atoms with E-state index in [-0.39, 0.29) is 23.2 Å². The van der Waals surface area contributed by atoms with Crippen molar-refractivity contribution in [1.82, 2.24) is 4.90 Å². The van der Waals surface area contributed by atoms with Crippen LogP contribution in [0.5, 0.6) is 0 Å². The molecule has 25 heavy (non-hydrogen) atoms. The molecule has 0 bridgehead atoms. The quantitative estimate of drug-likeness (QED) is 0.789. The number of nitrogens with zero attached hydrogens (tertiary/aromatic N) is 1. The monoisotopic (exact) mass is 345 g/mol. The molecule has 0 atom stereocenters. The van der Waals surface area contributed by atoms with Crippen LogP contribution in [0.2, 0.25) is 0 Å². The van der Waals surface area contributed by atoms with Crippen molar-refractivity contribution in [2.45, 2.75) is 57.8 Å². The molecule has 2 aliphatic heterocycles. The third-order valence-electron chi connectivity index (χ3n) is 5.72. The lowest BCUT2D eigenvalue weighted by molar-refractivity contribution is 0.00578. The summed E-state index contributed by atoms with van der Waals surface area (Å²) in [5, 5.41) is 0. The number of likely N-dealkylation sites (tertiary alicyclic amines) is 1. The molecule has 1 aromatic rings. The van der Waals surface area contributed by atoms with E-state index in [4.69, 9.17) is 14.0 Å². The van der Waals surface area contributed by atoms with E-state index < -0.39 is 7.12 Å². The van der Waals surface area contributed by atoms with Crippen molar-refractivity contribution < 1.29 is 18.8 Å². The molecule has 1 aromatic carbocycles. The number of ether oxygens (including phenoxy) is 1. The Balaban J connectivity index is 1.73. The zero-order chi connectivity index (χ0) is 18.2. The molecule has 5 nitrogen and oxygen atoms in total. The molecular weight excluding hydrogens is 317 g/mol. The molecule has 0 spiro atoms.